The average molecular weight is 230 g/mol. The highest BCUT2D eigenvalue weighted by molar-refractivity contribution is 6.30. The Kier molecular flexibility index (Phi) is 3.99. The molecule has 0 aliphatic heterocycles. The van der Waals surface area contributed by atoms with Gasteiger partial charge in [-0.1, -0.05) is 11.6 Å². The Bertz CT molecular complexity index is 357. The first-order valence-corrected chi connectivity index (χ1v) is 4.65. The number of carbonyl (C=O) groups excluding carboxylic acids is 1. The maximum Gasteiger partial charge on any atom is 0.312 e. The van der Waals surface area contributed by atoms with Crippen LogP contribution < -0.4 is 22.1 Å². The molecule has 2 amide bonds. The zero-order valence-electron chi connectivity index (χ0n) is 7.96. The number of hydrogen-bond acceptors (Lipinski definition) is 4. The number of anilines is 2. The lowest BCUT2D eigenvalue weighted by Gasteiger charge is -2.08. The zero-order chi connectivity index (χ0) is 11.3. The van der Waals surface area contributed by atoms with E-state index in [1.54, 1.807) is 6.07 Å². The van der Waals surface area contributed by atoms with Crippen LogP contribution in [0.15, 0.2) is 12.3 Å². The van der Waals surface area contributed by atoms with Crippen molar-refractivity contribution in [1.29, 1.82) is 0 Å². The van der Waals surface area contributed by atoms with E-state index in [4.69, 9.17) is 23.1 Å². The second-order valence-corrected chi connectivity index (χ2v) is 3.25. The van der Waals surface area contributed by atoms with Gasteiger partial charge in [0.05, 0.1) is 10.7 Å². The Morgan fingerprint density at radius 1 is 1.53 bits per heavy atom. The van der Waals surface area contributed by atoms with Crippen molar-refractivity contribution in [3.05, 3.63) is 17.3 Å². The standard InChI is InChI=1S/C8H12ClN5O/c9-5-3-6(10)7(14-4-5)12-1-2-13-8(11)15/h3-4H,1-2,10H2,(H,12,14)(H3,11,13,15). The maximum atomic E-state index is 10.3. The van der Waals surface area contributed by atoms with E-state index in [1.165, 1.54) is 6.20 Å². The smallest absolute Gasteiger partial charge is 0.312 e. The minimum Gasteiger partial charge on any atom is -0.396 e. The lowest BCUT2D eigenvalue weighted by Crippen LogP contribution is -2.33. The predicted molar refractivity (Wildman–Crippen MR) is 59.7 cm³/mol. The highest BCUT2D eigenvalue weighted by atomic mass is 35.5. The third-order valence-electron chi connectivity index (χ3n) is 1.60. The van der Waals surface area contributed by atoms with Gasteiger partial charge in [0.25, 0.3) is 0 Å². The average Bonchev–Trinajstić information content (AvgIpc) is 2.14. The highest BCUT2D eigenvalue weighted by Crippen LogP contribution is 2.18. The highest BCUT2D eigenvalue weighted by Gasteiger charge is 2.00. The molecule has 1 aromatic heterocycles. The Labute approximate surface area is 92.0 Å². The summed E-state index contributed by atoms with van der Waals surface area (Å²) in [5, 5.41) is 5.84. The summed E-state index contributed by atoms with van der Waals surface area (Å²) in [4.78, 5) is 14.3. The Balaban J connectivity index is 2.40. The van der Waals surface area contributed by atoms with Crippen LogP contribution in [0, 0.1) is 0 Å². The number of rotatable bonds is 4. The number of amides is 2. The number of nitrogens with two attached hydrogens (primary N) is 2. The van der Waals surface area contributed by atoms with Crippen LogP contribution in [0.4, 0.5) is 16.3 Å². The first-order chi connectivity index (χ1) is 7.09. The van der Waals surface area contributed by atoms with Crippen molar-refractivity contribution >= 4 is 29.1 Å². The van der Waals surface area contributed by atoms with Gasteiger partial charge in [-0.05, 0) is 6.07 Å². The van der Waals surface area contributed by atoms with Crippen molar-refractivity contribution in [2.45, 2.75) is 0 Å². The summed E-state index contributed by atoms with van der Waals surface area (Å²) < 4.78 is 0. The number of nitrogens with one attached hydrogen (secondary N) is 2. The van der Waals surface area contributed by atoms with Crippen molar-refractivity contribution in [3.8, 4) is 0 Å². The molecule has 6 N–H and O–H groups in total. The predicted octanol–water partition coefficient (Wildman–Crippen LogP) is 0.397. The number of hydrogen-bond donors (Lipinski definition) is 4. The molecule has 0 atom stereocenters. The molecule has 15 heavy (non-hydrogen) atoms. The molecule has 7 heteroatoms. The lowest BCUT2D eigenvalue weighted by atomic mass is 10.4. The summed E-state index contributed by atoms with van der Waals surface area (Å²) in [6.45, 7) is 0.890. The number of nitrogen functional groups attached to an aromatic ring is 1. The van der Waals surface area contributed by atoms with E-state index in [0.29, 0.717) is 29.6 Å². The first-order valence-electron chi connectivity index (χ1n) is 4.28. The summed E-state index contributed by atoms with van der Waals surface area (Å²) in [6, 6.07) is 1.03. The quantitative estimate of drug-likeness (QED) is 0.561. The molecular weight excluding hydrogens is 218 g/mol. The van der Waals surface area contributed by atoms with E-state index in [-0.39, 0.29) is 0 Å². The van der Waals surface area contributed by atoms with Crippen LogP contribution in [0.25, 0.3) is 0 Å². The SMILES string of the molecule is NC(=O)NCCNc1ncc(Cl)cc1N. The van der Waals surface area contributed by atoms with Crippen molar-refractivity contribution in [2.75, 3.05) is 24.1 Å². The van der Waals surface area contributed by atoms with Gasteiger partial charge in [-0.15, -0.1) is 0 Å². The minimum atomic E-state index is -0.561. The van der Waals surface area contributed by atoms with Crippen molar-refractivity contribution in [3.63, 3.8) is 0 Å². The fraction of sp³-hybridized carbons (Fsp3) is 0.250. The van der Waals surface area contributed by atoms with Crippen LogP contribution in [0.3, 0.4) is 0 Å². The first kappa shape index (κ1) is 11.4. The van der Waals surface area contributed by atoms with Crippen LogP contribution in [0.1, 0.15) is 0 Å². The molecule has 0 aromatic carbocycles. The largest absolute Gasteiger partial charge is 0.396 e. The van der Waals surface area contributed by atoms with Gasteiger partial charge in [0.2, 0.25) is 0 Å². The van der Waals surface area contributed by atoms with E-state index in [1.807, 2.05) is 0 Å². The molecule has 1 heterocycles. The third kappa shape index (κ3) is 3.90. The second-order valence-electron chi connectivity index (χ2n) is 2.81. The fourth-order valence-corrected chi connectivity index (χ4v) is 1.14. The molecule has 0 unspecified atom stereocenters. The van der Waals surface area contributed by atoms with Gasteiger partial charge in [0.1, 0.15) is 5.82 Å². The Morgan fingerprint density at radius 3 is 2.87 bits per heavy atom. The number of primary amides is 1. The number of halogens is 1. The van der Waals surface area contributed by atoms with Gasteiger partial charge in [-0.2, -0.15) is 0 Å². The van der Waals surface area contributed by atoms with E-state index >= 15 is 0 Å². The molecule has 0 spiro atoms. The second kappa shape index (κ2) is 5.26. The van der Waals surface area contributed by atoms with Gasteiger partial charge < -0.3 is 22.1 Å². The Hall–Kier alpha value is -1.69. The molecule has 6 nitrogen and oxygen atoms in total. The number of nitrogens with zero attached hydrogens (tertiary/aromatic N) is 1. The molecule has 0 saturated carbocycles. The minimum absolute atomic E-state index is 0.402. The molecule has 1 aromatic rings. The van der Waals surface area contributed by atoms with Crippen LogP contribution in [0.2, 0.25) is 5.02 Å². The van der Waals surface area contributed by atoms with Crippen LogP contribution in [0.5, 0.6) is 0 Å². The molecule has 0 saturated heterocycles. The fourth-order valence-electron chi connectivity index (χ4n) is 0.969. The Morgan fingerprint density at radius 2 is 2.27 bits per heavy atom. The monoisotopic (exact) mass is 229 g/mol. The summed E-state index contributed by atoms with van der Waals surface area (Å²) in [5.74, 6) is 0.533. The normalized spacial score (nSPS) is 9.67. The molecule has 0 fully saturated rings. The van der Waals surface area contributed by atoms with E-state index in [0.717, 1.165) is 0 Å². The summed E-state index contributed by atoms with van der Waals surface area (Å²) >= 11 is 5.68. The molecule has 0 aliphatic rings. The van der Waals surface area contributed by atoms with Gasteiger partial charge in [0.15, 0.2) is 0 Å². The van der Waals surface area contributed by atoms with Crippen LogP contribution in [-0.2, 0) is 0 Å². The third-order valence-corrected chi connectivity index (χ3v) is 1.81. The summed E-state index contributed by atoms with van der Waals surface area (Å²) in [7, 11) is 0. The van der Waals surface area contributed by atoms with Crippen LogP contribution >= 0.6 is 11.6 Å². The summed E-state index contributed by atoms with van der Waals surface area (Å²) in [6.07, 6.45) is 1.49. The van der Waals surface area contributed by atoms with Gasteiger partial charge in [0, 0.05) is 19.3 Å². The summed E-state index contributed by atoms with van der Waals surface area (Å²) in [5.41, 5.74) is 11.0. The lowest BCUT2D eigenvalue weighted by molar-refractivity contribution is 0.249. The van der Waals surface area contributed by atoms with E-state index in [2.05, 4.69) is 15.6 Å². The molecule has 1 rings (SSSR count). The number of aromatic nitrogens is 1. The molecular formula is C8H12ClN5O. The van der Waals surface area contributed by atoms with Crippen molar-refractivity contribution < 1.29 is 4.79 Å². The van der Waals surface area contributed by atoms with E-state index in [9.17, 15) is 4.79 Å². The zero-order valence-corrected chi connectivity index (χ0v) is 8.71. The van der Waals surface area contributed by atoms with E-state index < -0.39 is 6.03 Å². The number of carbonyl (C=O) groups is 1. The molecule has 0 bridgehead atoms. The molecule has 82 valence electrons. The van der Waals surface area contributed by atoms with Gasteiger partial charge in [-0.25, -0.2) is 9.78 Å². The molecule has 0 aliphatic carbocycles. The van der Waals surface area contributed by atoms with Crippen molar-refractivity contribution in [1.82, 2.24) is 10.3 Å². The van der Waals surface area contributed by atoms with Gasteiger partial charge >= 0.3 is 6.03 Å². The number of pyridine rings is 1. The molecule has 0 radical (unpaired) electrons. The number of urea groups is 1. The van der Waals surface area contributed by atoms with Gasteiger partial charge in [-0.3, -0.25) is 0 Å². The maximum absolute atomic E-state index is 10.3. The van der Waals surface area contributed by atoms with Crippen LogP contribution in [-0.4, -0.2) is 24.1 Å². The topological polar surface area (TPSA) is 106 Å². The van der Waals surface area contributed by atoms with Crippen molar-refractivity contribution in [2.24, 2.45) is 5.73 Å².